The maximum atomic E-state index is 11.7. The fraction of sp³-hybridized carbons (Fsp3) is 0.238. The maximum absolute atomic E-state index is 11.7. The highest BCUT2D eigenvalue weighted by molar-refractivity contribution is 6.35. The number of amides is 2. The van der Waals surface area contributed by atoms with Crippen LogP contribution in [-0.2, 0) is 20.9 Å². The topological polar surface area (TPSA) is 129 Å². The predicted octanol–water partition coefficient (Wildman–Crippen LogP) is 0.232. The molecule has 0 saturated heterocycles. The summed E-state index contributed by atoms with van der Waals surface area (Å²) >= 11 is 0. The molecule has 0 unspecified atom stereocenters. The molecule has 2 aromatic rings. The average Bonchev–Trinajstić information content (AvgIpc) is 2.76. The Balaban J connectivity index is 1.94. The van der Waals surface area contributed by atoms with E-state index in [4.69, 9.17) is 9.47 Å². The third-order valence-corrected chi connectivity index (χ3v) is 3.86. The van der Waals surface area contributed by atoms with Crippen LogP contribution in [0.3, 0.4) is 0 Å². The maximum Gasteiger partial charge on any atom is 0.329 e. The van der Waals surface area contributed by atoms with Gasteiger partial charge in [0.05, 0.1) is 12.2 Å². The summed E-state index contributed by atoms with van der Waals surface area (Å²) in [5, 5.41) is 17.5. The molecule has 0 saturated carbocycles. The molecule has 2 amide bonds. The first-order valence-corrected chi connectivity index (χ1v) is 9.13. The molecule has 0 radical (unpaired) electrons. The molecule has 2 N–H and O–H groups in total. The number of hydrogen-bond donors (Lipinski definition) is 2. The van der Waals surface area contributed by atoms with Crippen molar-refractivity contribution in [2.45, 2.75) is 13.0 Å². The molecule has 9 heteroatoms. The molecule has 2 aromatic carbocycles. The lowest BCUT2D eigenvalue weighted by atomic mass is 10.1. The second-order valence-electron chi connectivity index (χ2n) is 6.12. The zero-order valence-corrected chi connectivity index (χ0v) is 16.4. The highest BCUT2D eigenvalue weighted by Gasteiger charge is 2.11. The summed E-state index contributed by atoms with van der Waals surface area (Å²) in [6, 6.07) is 13.6. The van der Waals surface area contributed by atoms with Crippen molar-refractivity contribution in [3.05, 3.63) is 65.2 Å². The fourth-order valence-electron chi connectivity index (χ4n) is 2.36. The van der Waals surface area contributed by atoms with Crippen LogP contribution in [0.1, 0.15) is 27.9 Å². The minimum absolute atomic E-state index is 0.149. The Kier molecular flexibility index (Phi) is 9.01. The smallest absolute Gasteiger partial charge is 0.329 e. The zero-order valence-electron chi connectivity index (χ0n) is 16.4. The van der Waals surface area contributed by atoms with Crippen molar-refractivity contribution in [1.82, 2.24) is 10.7 Å². The minimum Gasteiger partial charge on any atom is -0.545 e. The Bertz CT molecular complexity index is 899. The zero-order chi connectivity index (χ0) is 21.8. The van der Waals surface area contributed by atoms with Gasteiger partial charge in [-0.25, -0.2) is 5.43 Å². The lowest BCUT2D eigenvalue weighted by Gasteiger charge is -2.13. The van der Waals surface area contributed by atoms with Crippen LogP contribution in [0.2, 0.25) is 0 Å². The summed E-state index contributed by atoms with van der Waals surface area (Å²) in [6.07, 6.45) is 1.78. The fourth-order valence-corrected chi connectivity index (χ4v) is 2.36. The van der Waals surface area contributed by atoms with Crippen LogP contribution < -0.4 is 20.6 Å². The molecule has 0 aliphatic rings. The van der Waals surface area contributed by atoms with Gasteiger partial charge in [0.1, 0.15) is 12.4 Å². The van der Waals surface area contributed by atoms with Crippen molar-refractivity contribution >= 4 is 24.0 Å². The van der Waals surface area contributed by atoms with Crippen molar-refractivity contribution in [3.63, 3.8) is 0 Å². The van der Waals surface area contributed by atoms with E-state index in [9.17, 15) is 19.5 Å². The first kappa shape index (κ1) is 22.6. The SMILES string of the molecule is COCCCNC(=O)C(=O)N/N=C\c1ccc(OCc2ccccc2)c(C(=O)[O-])c1. The molecule has 30 heavy (non-hydrogen) atoms. The number of carboxylic acids is 1. The molecule has 0 atom stereocenters. The number of nitrogens with zero attached hydrogens (tertiary/aromatic N) is 1. The van der Waals surface area contributed by atoms with Gasteiger partial charge in [-0.3, -0.25) is 9.59 Å². The molecule has 158 valence electrons. The van der Waals surface area contributed by atoms with Gasteiger partial charge in [-0.1, -0.05) is 30.3 Å². The number of carboxylic acid groups (broad SMARTS) is 1. The first-order valence-electron chi connectivity index (χ1n) is 9.13. The van der Waals surface area contributed by atoms with E-state index >= 15 is 0 Å². The summed E-state index contributed by atoms with van der Waals surface area (Å²) in [7, 11) is 1.54. The van der Waals surface area contributed by atoms with Crippen molar-refractivity contribution in [2.75, 3.05) is 20.3 Å². The van der Waals surface area contributed by atoms with Gasteiger partial charge in [-0.15, -0.1) is 0 Å². The lowest BCUT2D eigenvalue weighted by Crippen LogP contribution is -2.38. The van der Waals surface area contributed by atoms with Crippen LogP contribution in [0.5, 0.6) is 5.75 Å². The summed E-state index contributed by atoms with van der Waals surface area (Å²) in [5.74, 6) is -3.03. The third kappa shape index (κ3) is 7.36. The normalized spacial score (nSPS) is 10.6. The number of hydrazone groups is 1. The van der Waals surface area contributed by atoms with Crippen LogP contribution in [0.15, 0.2) is 53.6 Å². The standard InChI is InChI=1S/C21H23N3O6/c1-29-11-5-10-22-19(25)20(26)24-23-13-16-8-9-18(17(12-16)21(27)28)30-14-15-6-3-2-4-7-15/h2-4,6-9,12-13H,5,10-11,14H2,1H3,(H,22,25)(H,24,26)(H,27,28)/p-1/b23-13-. The number of carbonyl (C=O) groups excluding carboxylic acids is 3. The molecule has 0 bridgehead atoms. The Morgan fingerprint density at radius 1 is 1.10 bits per heavy atom. The second-order valence-corrected chi connectivity index (χ2v) is 6.12. The van der Waals surface area contributed by atoms with E-state index in [1.165, 1.54) is 25.5 Å². The van der Waals surface area contributed by atoms with Crippen molar-refractivity contribution in [3.8, 4) is 5.75 Å². The number of nitrogens with one attached hydrogen (secondary N) is 2. The number of ether oxygens (including phenoxy) is 2. The minimum atomic E-state index is -1.41. The molecular weight excluding hydrogens is 390 g/mol. The Labute approximate surface area is 173 Å². The van der Waals surface area contributed by atoms with Gasteiger partial charge in [0.25, 0.3) is 0 Å². The Morgan fingerprint density at radius 3 is 2.57 bits per heavy atom. The summed E-state index contributed by atoms with van der Waals surface area (Å²) in [6.45, 7) is 0.958. The van der Waals surface area contributed by atoms with Crippen molar-refractivity contribution < 1.29 is 29.0 Å². The lowest BCUT2D eigenvalue weighted by molar-refractivity contribution is -0.255. The largest absolute Gasteiger partial charge is 0.545 e. The van der Waals surface area contributed by atoms with E-state index in [2.05, 4.69) is 15.8 Å². The summed E-state index contributed by atoms with van der Waals surface area (Å²) in [5.41, 5.74) is 3.18. The Morgan fingerprint density at radius 2 is 1.87 bits per heavy atom. The molecule has 0 aliphatic heterocycles. The highest BCUT2D eigenvalue weighted by atomic mass is 16.5. The first-order chi connectivity index (χ1) is 14.5. The quantitative estimate of drug-likeness (QED) is 0.249. The number of rotatable bonds is 10. The van der Waals surface area contributed by atoms with Gasteiger partial charge in [-0.05, 0) is 35.7 Å². The van der Waals surface area contributed by atoms with Crippen LogP contribution in [0.25, 0.3) is 0 Å². The third-order valence-electron chi connectivity index (χ3n) is 3.86. The van der Waals surface area contributed by atoms with E-state index in [1.54, 1.807) is 6.07 Å². The van der Waals surface area contributed by atoms with E-state index < -0.39 is 17.8 Å². The highest BCUT2D eigenvalue weighted by Crippen LogP contribution is 2.20. The molecule has 0 spiro atoms. The second kappa shape index (κ2) is 12.0. The molecular formula is C21H22N3O6-. The monoisotopic (exact) mass is 412 g/mol. The van der Waals surface area contributed by atoms with Crippen LogP contribution in [0, 0.1) is 0 Å². The van der Waals surface area contributed by atoms with Gasteiger partial charge in [0, 0.05) is 25.8 Å². The van der Waals surface area contributed by atoms with Gasteiger partial charge in [0.2, 0.25) is 0 Å². The number of methoxy groups -OCH3 is 1. The number of hydrogen-bond acceptors (Lipinski definition) is 7. The average molecular weight is 412 g/mol. The van der Waals surface area contributed by atoms with Crippen LogP contribution in [-0.4, -0.2) is 44.3 Å². The van der Waals surface area contributed by atoms with Gasteiger partial charge in [-0.2, -0.15) is 5.10 Å². The van der Waals surface area contributed by atoms with E-state index in [-0.39, 0.29) is 17.9 Å². The van der Waals surface area contributed by atoms with Crippen LogP contribution in [0.4, 0.5) is 0 Å². The number of aromatic carboxylic acids is 1. The summed E-state index contributed by atoms with van der Waals surface area (Å²) < 4.78 is 10.4. The Hall–Kier alpha value is -3.72. The summed E-state index contributed by atoms with van der Waals surface area (Å²) in [4.78, 5) is 34.7. The van der Waals surface area contributed by atoms with Crippen molar-refractivity contribution in [2.24, 2.45) is 5.10 Å². The van der Waals surface area contributed by atoms with Gasteiger partial charge in [0.15, 0.2) is 0 Å². The molecule has 9 nitrogen and oxygen atoms in total. The number of carbonyl (C=O) groups is 3. The van der Waals surface area contributed by atoms with Crippen LogP contribution >= 0.6 is 0 Å². The van der Waals surface area contributed by atoms with Gasteiger partial charge >= 0.3 is 11.8 Å². The predicted molar refractivity (Wildman–Crippen MR) is 107 cm³/mol. The molecule has 0 heterocycles. The van der Waals surface area contributed by atoms with Gasteiger partial charge < -0.3 is 24.7 Å². The molecule has 0 aliphatic carbocycles. The van der Waals surface area contributed by atoms with Crippen molar-refractivity contribution in [1.29, 1.82) is 0 Å². The molecule has 0 aromatic heterocycles. The van der Waals surface area contributed by atoms with E-state index in [0.29, 0.717) is 25.1 Å². The van der Waals surface area contributed by atoms with E-state index in [0.717, 1.165) is 5.56 Å². The number of benzene rings is 2. The van der Waals surface area contributed by atoms with E-state index in [1.807, 2.05) is 30.3 Å². The molecule has 0 fully saturated rings. The molecule has 2 rings (SSSR count).